The summed E-state index contributed by atoms with van der Waals surface area (Å²) in [5.74, 6) is -1.19. The molecule has 2 heterocycles. The first-order chi connectivity index (χ1) is 12.6. The lowest BCUT2D eigenvalue weighted by Gasteiger charge is -2.18. The molecule has 26 heavy (non-hydrogen) atoms. The highest BCUT2D eigenvalue weighted by Gasteiger charge is 2.23. The number of aromatic nitrogens is 1. The topological polar surface area (TPSA) is 46.3 Å². The zero-order valence-electron chi connectivity index (χ0n) is 13.4. The summed E-state index contributed by atoms with van der Waals surface area (Å²) in [4.78, 5) is 18.6. The third-order valence-corrected chi connectivity index (χ3v) is 4.82. The number of hydrogen-bond acceptors (Lipinski definition) is 4. The fourth-order valence-electron chi connectivity index (χ4n) is 2.58. The van der Waals surface area contributed by atoms with Gasteiger partial charge in [0, 0.05) is 11.6 Å². The zero-order chi connectivity index (χ0) is 18.1. The first kappa shape index (κ1) is 16.4. The third kappa shape index (κ3) is 3.09. The Labute approximate surface area is 151 Å². The van der Waals surface area contributed by atoms with Crippen molar-refractivity contribution < 1.29 is 18.0 Å². The Morgan fingerprint density at radius 2 is 1.92 bits per heavy atom. The van der Waals surface area contributed by atoms with Crippen LogP contribution in [0.25, 0.3) is 10.2 Å². The molecule has 0 saturated carbocycles. The van der Waals surface area contributed by atoms with Gasteiger partial charge in [0.05, 0.1) is 17.5 Å². The lowest BCUT2D eigenvalue weighted by molar-refractivity contribution is 0.0983. The number of thiazole rings is 1. The minimum Gasteiger partial charge on any atom is -0.467 e. The van der Waals surface area contributed by atoms with Crippen LogP contribution in [0.15, 0.2) is 65.3 Å². The van der Waals surface area contributed by atoms with E-state index < -0.39 is 11.6 Å². The minimum atomic E-state index is -0.757. The van der Waals surface area contributed by atoms with E-state index in [9.17, 15) is 13.6 Å². The van der Waals surface area contributed by atoms with Crippen LogP contribution in [0.5, 0.6) is 0 Å². The highest BCUT2D eigenvalue weighted by molar-refractivity contribution is 7.22. The van der Waals surface area contributed by atoms with E-state index in [4.69, 9.17) is 4.42 Å². The minimum absolute atomic E-state index is 0.0386. The number of rotatable bonds is 4. The maximum atomic E-state index is 14.0. The van der Waals surface area contributed by atoms with E-state index >= 15 is 0 Å². The van der Waals surface area contributed by atoms with Crippen molar-refractivity contribution in [3.63, 3.8) is 0 Å². The van der Waals surface area contributed by atoms with E-state index in [1.54, 1.807) is 36.4 Å². The van der Waals surface area contributed by atoms with E-state index in [1.807, 2.05) is 6.07 Å². The molecule has 0 fully saturated rings. The molecule has 0 saturated heterocycles. The second-order valence-corrected chi connectivity index (χ2v) is 6.58. The summed E-state index contributed by atoms with van der Waals surface area (Å²) >= 11 is 1.05. The lowest BCUT2D eigenvalue weighted by Crippen LogP contribution is -2.30. The summed E-state index contributed by atoms with van der Waals surface area (Å²) < 4.78 is 33.2. The first-order valence-electron chi connectivity index (χ1n) is 7.77. The highest BCUT2D eigenvalue weighted by Crippen LogP contribution is 2.32. The summed E-state index contributed by atoms with van der Waals surface area (Å²) in [6.45, 7) is 0.130. The molecular formula is C19H12F2N2O2S. The van der Waals surface area contributed by atoms with Gasteiger partial charge in [-0.05, 0) is 30.3 Å². The number of anilines is 1. The van der Waals surface area contributed by atoms with E-state index in [1.165, 1.54) is 17.2 Å². The predicted molar refractivity (Wildman–Crippen MR) is 95.2 cm³/mol. The molecular weight excluding hydrogens is 358 g/mol. The number of benzene rings is 2. The Bertz CT molecular complexity index is 1060. The number of carbonyl (C=O) groups is 1. The number of halogens is 2. The Morgan fingerprint density at radius 3 is 2.65 bits per heavy atom. The van der Waals surface area contributed by atoms with Crippen molar-refractivity contribution in [1.29, 1.82) is 0 Å². The van der Waals surface area contributed by atoms with Gasteiger partial charge in [0.1, 0.15) is 17.1 Å². The van der Waals surface area contributed by atoms with E-state index in [0.717, 1.165) is 17.4 Å². The molecule has 7 heteroatoms. The number of furan rings is 1. The average molecular weight is 370 g/mol. The van der Waals surface area contributed by atoms with Crippen molar-refractivity contribution >= 4 is 32.6 Å². The van der Waals surface area contributed by atoms with Gasteiger partial charge in [0.25, 0.3) is 5.91 Å². The summed E-state index contributed by atoms with van der Waals surface area (Å²) in [6.07, 6.45) is 1.51. The molecule has 0 atom stereocenters. The number of amides is 1. The average Bonchev–Trinajstić information content (AvgIpc) is 3.29. The van der Waals surface area contributed by atoms with Crippen molar-refractivity contribution in [2.75, 3.05) is 4.90 Å². The van der Waals surface area contributed by atoms with Gasteiger partial charge in [-0.2, -0.15) is 0 Å². The van der Waals surface area contributed by atoms with E-state index in [-0.39, 0.29) is 23.1 Å². The quantitative estimate of drug-likeness (QED) is 0.507. The SMILES string of the molecule is O=C(c1ccccc1)N(Cc1ccco1)c1nc2c(F)cc(F)cc2s1. The molecule has 0 radical (unpaired) electrons. The molecule has 4 aromatic rings. The molecule has 0 aliphatic rings. The van der Waals surface area contributed by atoms with Crippen LogP contribution >= 0.6 is 11.3 Å². The van der Waals surface area contributed by atoms with Gasteiger partial charge in [-0.3, -0.25) is 9.69 Å². The van der Waals surface area contributed by atoms with E-state index in [2.05, 4.69) is 4.98 Å². The number of carbonyl (C=O) groups excluding carboxylic acids is 1. The number of fused-ring (bicyclic) bond motifs is 1. The van der Waals surface area contributed by atoms with Gasteiger partial charge in [-0.1, -0.05) is 29.5 Å². The van der Waals surface area contributed by atoms with Crippen LogP contribution in [0, 0.1) is 11.6 Å². The third-order valence-electron chi connectivity index (χ3n) is 3.79. The standard InChI is InChI=1S/C19H12F2N2O2S/c20-13-9-15(21)17-16(10-13)26-19(22-17)23(11-14-7-4-8-25-14)18(24)12-5-2-1-3-6-12/h1-10H,11H2. The second kappa shape index (κ2) is 6.68. The van der Waals surface area contributed by atoms with Crippen LogP contribution in [0.1, 0.15) is 16.1 Å². The Kier molecular flexibility index (Phi) is 4.22. The summed E-state index contributed by atoms with van der Waals surface area (Å²) in [5, 5.41) is 0.273. The Hall–Kier alpha value is -3.06. The fraction of sp³-hybridized carbons (Fsp3) is 0.0526. The molecule has 0 aliphatic carbocycles. The molecule has 4 nitrogen and oxygen atoms in total. The molecule has 0 spiro atoms. The number of nitrogens with zero attached hydrogens (tertiary/aromatic N) is 2. The number of hydrogen-bond donors (Lipinski definition) is 0. The van der Waals surface area contributed by atoms with Crippen molar-refractivity contribution in [2.45, 2.75) is 6.54 Å². The molecule has 2 aromatic carbocycles. The second-order valence-electron chi connectivity index (χ2n) is 5.57. The monoisotopic (exact) mass is 370 g/mol. The van der Waals surface area contributed by atoms with Gasteiger partial charge < -0.3 is 4.42 Å². The van der Waals surface area contributed by atoms with Gasteiger partial charge in [0.15, 0.2) is 10.9 Å². The van der Waals surface area contributed by atoms with Crippen LogP contribution in [0.3, 0.4) is 0 Å². The van der Waals surface area contributed by atoms with Crippen molar-refractivity contribution in [3.8, 4) is 0 Å². The molecule has 4 rings (SSSR count). The molecule has 0 bridgehead atoms. The summed E-state index contributed by atoms with van der Waals surface area (Å²) in [6, 6.07) is 14.1. The molecule has 0 N–H and O–H groups in total. The first-order valence-corrected chi connectivity index (χ1v) is 8.58. The fourth-order valence-corrected chi connectivity index (χ4v) is 3.58. The lowest BCUT2D eigenvalue weighted by atomic mass is 10.2. The van der Waals surface area contributed by atoms with Gasteiger partial charge in [0.2, 0.25) is 0 Å². The van der Waals surface area contributed by atoms with Gasteiger partial charge >= 0.3 is 0 Å². The molecule has 1 amide bonds. The maximum absolute atomic E-state index is 14.0. The summed E-state index contributed by atoms with van der Waals surface area (Å²) in [7, 11) is 0. The van der Waals surface area contributed by atoms with E-state index in [0.29, 0.717) is 16.0 Å². The summed E-state index contributed by atoms with van der Waals surface area (Å²) in [5.41, 5.74) is 0.502. The Morgan fingerprint density at radius 1 is 1.12 bits per heavy atom. The van der Waals surface area contributed by atoms with Crippen LogP contribution in [-0.2, 0) is 6.54 Å². The normalized spacial score (nSPS) is 11.0. The molecule has 0 unspecified atom stereocenters. The van der Waals surface area contributed by atoms with Crippen molar-refractivity contribution in [1.82, 2.24) is 4.98 Å². The maximum Gasteiger partial charge on any atom is 0.260 e. The van der Waals surface area contributed by atoms with Gasteiger partial charge in [-0.25, -0.2) is 13.8 Å². The molecule has 2 aromatic heterocycles. The predicted octanol–water partition coefficient (Wildman–Crippen LogP) is 5.01. The molecule has 130 valence electrons. The van der Waals surface area contributed by atoms with Crippen molar-refractivity contribution in [3.05, 3.63) is 83.8 Å². The van der Waals surface area contributed by atoms with Crippen molar-refractivity contribution in [2.24, 2.45) is 0 Å². The smallest absolute Gasteiger partial charge is 0.260 e. The van der Waals surface area contributed by atoms with Crippen LogP contribution in [0.2, 0.25) is 0 Å². The van der Waals surface area contributed by atoms with Crippen LogP contribution in [-0.4, -0.2) is 10.9 Å². The van der Waals surface area contributed by atoms with Gasteiger partial charge in [-0.15, -0.1) is 0 Å². The molecule has 0 aliphatic heterocycles. The Balaban J connectivity index is 1.80. The zero-order valence-corrected chi connectivity index (χ0v) is 14.2. The van der Waals surface area contributed by atoms with Crippen LogP contribution in [0.4, 0.5) is 13.9 Å². The highest BCUT2D eigenvalue weighted by atomic mass is 32.1. The largest absolute Gasteiger partial charge is 0.467 e. The van der Waals surface area contributed by atoms with Crippen LogP contribution < -0.4 is 4.90 Å².